The van der Waals surface area contributed by atoms with Crippen molar-refractivity contribution in [2.75, 3.05) is 44.2 Å². The quantitative estimate of drug-likeness (QED) is 0.562. The van der Waals surface area contributed by atoms with Gasteiger partial charge in [0.1, 0.15) is 5.01 Å². The van der Waals surface area contributed by atoms with Crippen LogP contribution in [-0.2, 0) is 11.3 Å². The van der Waals surface area contributed by atoms with Gasteiger partial charge in [-0.3, -0.25) is 14.6 Å². The van der Waals surface area contributed by atoms with Gasteiger partial charge in [-0.15, -0.1) is 17.9 Å². The molecule has 1 aliphatic rings. The van der Waals surface area contributed by atoms with Crippen LogP contribution in [0.25, 0.3) is 10.2 Å². The number of fused-ring (bicyclic) bond motifs is 1. The van der Waals surface area contributed by atoms with Gasteiger partial charge >= 0.3 is 0 Å². The maximum Gasteiger partial charge on any atom is 0.241 e. The number of benzene rings is 2. The molecule has 2 heterocycles. The van der Waals surface area contributed by atoms with E-state index in [1.165, 1.54) is 4.70 Å². The minimum atomic E-state index is 0.121. The molecule has 5 nitrogen and oxygen atoms in total. The van der Waals surface area contributed by atoms with Crippen LogP contribution in [0.3, 0.4) is 0 Å². The normalized spacial score (nSPS) is 15.4. The lowest BCUT2D eigenvalue weighted by molar-refractivity contribution is -0.120. The van der Waals surface area contributed by atoms with E-state index in [1.54, 1.807) is 22.3 Å². The monoisotopic (exact) mass is 406 g/mol. The number of nitrogens with zero attached hydrogens (tertiary/aromatic N) is 4. The summed E-state index contributed by atoms with van der Waals surface area (Å²) < 4.78 is 1.25. The highest BCUT2D eigenvalue weighted by Gasteiger charge is 2.22. The van der Waals surface area contributed by atoms with Gasteiger partial charge in [0, 0.05) is 38.4 Å². The zero-order chi connectivity index (χ0) is 20.1. The average molecular weight is 407 g/mol. The standard InChI is InChI=1S/C23H26N4OS/c1-2-12-27(19-8-4-3-5-9-19)23(28)18-26-15-13-25(14-16-26)17-22-24-20-10-6-7-11-21(20)29-22/h2-11H,1,12-18H2. The van der Waals surface area contributed by atoms with Gasteiger partial charge in [-0.1, -0.05) is 36.4 Å². The number of piperazine rings is 1. The number of hydrogen-bond donors (Lipinski definition) is 0. The van der Waals surface area contributed by atoms with Crippen LogP contribution < -0.4 is 4.90 Å². The predicted octanol–water partition coefficient (Wildman–Crippen LogP) is 3.63. The van der Waals surface area contributed by atoms with Crippen LogP contribution in [0, 0.1) is 0 Å². The molecule has 3 aromatic rings. The number of carbonyl (C=O) groups is 1. The SMILES string of the molecule is C=CCN(C(=O)CN1CCN(Cc2nc3ccccc3s2)CC1)c1ccccc1. The first-order valence-electron chi connectivity index (χ1n) is 9.98. The molecule has 1 aromatic heterocycles. The Labute approximate surface area is 175 Å². The summed E-state index contributed by atoms with van der Waals surface area (Å²) in [7, 11) is 0. The Hall–Kier alpha value is -2.54. The first-order chi connectivity index (χ1) is 14.2. The molecule has 1 fully saturated rings. The summed E-state index contributed by atoms with van der Waals surface area (Å²) in [5.74, 6) is 0.121. The summed E-state index contributed by atoms with van der Waals surface area (Å²) in [6, 6.07) is 18.1. The Balaban J connectivity index is 1.30. The molecule has 0 aliphatic carbocycles. The van der Waals surface area contributed by atoms with Crippen LogP contribution in [-0.4, -0.2) is 60.0 Å². The fourth-order valence-corrected chi connectivity index (χ4v) is 4.66. The summed E-state index contributed by atoms with van der Waals surface area (Å²) >= 11 is 1.77. The first kappa shape index (κ1) is 19.8. The van der Waals surface area contributed by atoms with E-state index in [4.69, 9.17) is 4.98 Å². The van der Waals surface area contributed by atoms with E-state index in [0.717, 1.165) is 48.9 Å². The number of rotatable bonds is 7. The number of carbonyl (C=O) groups excluding carboxylic acids is 1. The lowest BCUT2D eigenvalue weighted by atomic mass is 10.2. The van der Waals surface area contributed by atoms with Crippen LogP contribution in [0.15, 0.2) is 67.3 Å². The molecule has 4 rings (SSSR count). The van der Waals surface area contributed by atoms with Crippen molar-refractivity contribution in [3.8, 4) is 0 Å². The highest BCUT2D eigenvalue weighted by molar-refractivity contribution is 7.18. The van der Waals surface area contributed by atoms with E-state index >= 15 is 0 Å². The second kappa shape index (κ2) is 9.31. The summed E-state index contributed by atoms with van der Waals surface area (Å²) in [4.78, 5) is 24.1. The van der Waals surface area contributed by atoms with Gasteiger partial charge in [0.25, 0.3) is 0 Å². The Morgan fingerprint density at radius 3 is 2.45 bits per heavy atom. The number of aromatic nitrogens is 1. The molecule has 150 valence electrons. The topological polar surface area (TPSA) is 39.7 Å². The molecule has 29 heavy (non-hydrogen) atoms. The summed E-state index contributed by atoms with van der Waals surface area (Å²) in [5, 5.41) is 1.16. The molecule has 0 saturated carbocycles. The zero-order valence-electron chi connectivity index (χ0n) is 16.5. The first-order valence-corrected chi connectivity index (χ1v) is 10.8. The molecule has 2 aromatic carbocycles. The van der Waals surface area contributed by atoms with Gasteiger partial charge in [0.2, 0.25) is 5.91 Å². The van der Waals surface area contributed by atoms with Crippen molar-refractivity contribution in [3.05, 3.63) is 72.3 Å². The maximum atomic E-state index is 12.9. The predicted molar refractivity (Wildman–Crippen MR) is 120 cm³/mol. The fraction of sp³-hybridized carbons (Fsp3) is 0.304. The third kappa shape index (κ3) is 4.90. The van der Waals surface area contributed by atoms with Gasteiger partial charge < -0.3 is 4.90 Å². The van der Waals surface area contributed by atoms with E-state index in [-0.39, 0.29) is 5.91 Å². The molecule has 0 spiro atoms. The fourth-order valence-electron chi connectivity index (χ4n) is 3.65. The summed E-state index contributed by atoms with van der Waals surface area (Å²) in [6.07, 6.45) is 1.78. The Morgan fingerprint density at radius 2 is 1.72 bits per heavy atom. The van der Waals surface area contributed by atoms with Crippen molar-refractivity contribution >= 4 is 33.1 Å². The molecule has 0 unspecified atom stereocenters. The smallest absolute Gasteiger partial charge is 0.241 e. The van der Waals surface area contributed by atoms with Crippen LogP contribution in [0.1, 0.15) is 5.01 Å². The van der Waals surface area contributed by atoms with E-state index < -0.39 is 0 Å². The number of amides is 1. The molecule has 1 aliphatic heterocycles. The van der Waals surface area contributed by atoms with E-state index in [0.29, 0.717) is 13.1 Å². The number of para-hydroxylation sites is 2. The lowest BCUT2D eigenvalue weighted by Crippen LogP contribution is -2.49. The zero-order valence-corrected chi connectivity index (χ0v) is 17.4. The van der Waals surface area contributed by atoms with Crippen LogP contribution in [0.2, 0.25) is 0 Å². The van der Waals surface area contributed by atoms with Gasteiger partial charge in [-0.25, -0.2) is 4.98 Å². The molecule has 0 atom stereocenters. The molecular formula is C23H26N4OS. The van der Waals surface area contributed by atoms with E-state index in [9.17, 15) is 4.79 Å². The second-order valence-electron chi connectivity index (χ2n) is 7.26. The van der Waals surface area contributed by atoms with Crippen LogP contribution >= 0.6 is 11.3 Å². The minimum absolute atomic E-state index is 0.121. The molecule has 1 saturated heterocycles. The van der Waals surface area contributed by atoms with E-state index in [1.807, 2.05) is 36.4 Å². The Bertz CT molecular complexity index is 930. The second-order valence-corrected chi connectivity index (χ2v) is 8.37. The third-order valence-corrected chi connectivity index (χ3v) is 6.22. The molecule has 6 heteroatoms. The van der Waals surface area contributed by atoms with E-state index in [2.05, 4.69) is 34.6 Å². The van der Waals surface area contributed by atoms with Gasteiger partial charge in [0.15, 0.2) is 0 Å². The van der Waals surface area contributed by atoms with Gasteiger partial charge in [0.05, 0.1) is 23.3 Å². The van der Waals surface area contributed by atoms with Crippen molar-refractivity contribution in [2.45, 2.75) is 6.54 Å². The van der Waals surface area contributed by atoms with Crippen molar-refractivity contribution in [1.82, 2.24) is 14.8 Å². The lowest BCUT2D eigenvalue weighted by Gasteiger charge is -2.35. The molecule has 0 N–H and O–H groups in total. The number of anilines is 1. The summed E-state index contributed by atoms with van der Waals surface area (Å²) in [5.41, 5.74) is 2.01. The largest absolute Gasteiger partial charge is 0.308 e. The van der Waals surface area contributed by atoms with Crippen molar-refractivity contribution < 1.29 is 4.79 Å². The van der Waals surface area contributed by atoms with Crippen LogP contribution in [0.5, 0.6) is 0 Å². The highest BCUT2D eigenvalue weighted by Crippen LogP contribution is 2.23. The molecule has 1 amide bonds. The number of hydrogen-bond acceptors (Lipinski definition) is 5. The average Bonchev–Trinajstić information content (AvgIpc) is 3.16. The van der Waals surface area contributed by atoms with Crippen molar-refractivity contribution in [2.24, 2.45) is 0 Å². The van der Waals surface area contributed by atoms with Crippen molar-refractivity contribution in [3.63, 3.8) is 0 Å². The highest BCUT2D eigenvalue weighted by atomic mass is 32.1. The Kier molecular flexibility index (Phi) is 6.34. The maximum absolute atomic E-state index is 12.9. The molecular weight excluding hydrogens is 380 g/mol. The van der Waals surface area contributed by atoms with Gasteiger partial charge in [-0.2, -0.15) is 0 Å². The van der Waals surface area contributed by atoms with Crippen molar-refractivity contribution in [1.29, 1.82) is 0 Å². The Morgan fingerprint density at radius 1 is 1.03 bits per heavy atom. The van der Waals surface area contributed by atoms with Crippen LogP contribution in [0.4, 0.5) is 5.69 Å². The number of thiazole rings is 1. The van der Waals surface area contributed by atoms with Gasteiger partial charge in [-0.05, 0) is 24.3 Å². The summed E-state index contributed by atoms with van der Waals surface area (Å²) in [6.45, 7) is 9.36. The molecule has 0 bridgehead atoms. The molecule has 0 radical (unpaired) electrons. The third-order valence-electron chi connectivity index (χ3n) is 5.20. The minimum Gasteiger partial charge on any atom is -0.308 e.